The Morgan fingerprint density at radius 3 is 2.67 bits per heavy atom. The average molecular weight is 412 g/mol. The molecule has 0 unspecified atom stereocenters. The summed E-state index contributed by atoms with van der Waals surface area (Å²) >= 11 is 0. The van der Waals surface area contributed by atoms with Gasteiger partial charge < -0.3 is 24.6 Å². The zero-order valence-corrected chi connectivity index (χ0v) is 16.5. The number of amides is 1. The quantitative estimate of drug-likeness (QED) is 0.736. The average Bonchev–Trinajstić information content (AvgIpc) is 3.29. The van der Waals surface area contributed by atoms with E-state index >= 15 is 0 Å². The van der Waals surface area contributed by atoms with E-state index in [1.54, 1.807) is 12.1 Å². The summed E-state index contributed by atoms with van der Waals surface area (Å²) in [6.45, 7) is 0.361. The van der Waals surface area contributed by atoms with Gasteiger partial charge in [0.2, 0.25) is 0 Å². The minimum atomic E-state index is -1.08. The molecule has 1 aliphatic heterocycles. The van der Waals surface area contributed by atoms with E-state index in [-0.39, 0.29) is 30.7 Å². The van der Waals surface area contributed by atoms with Crippen LogP contribution in [0.1, 0.15) is 34.0 Å². The minimum absolute atomic E-state index is 0.108. The van der Waals surface area contributed by atoms with Crippen molar-refractivity contribution in [2.75, 3.05) is 13.7 Å². The summed E-state index contributed by atoms with van der Waals surface area (Å²) in [7, 11) is 1.29. The van der Waals surface area contributed by atoms with Gasteiger partial charge in [-0.25, -0.2) is 14.6 Å². The molecule has 1 aromatic heterocycles. The number of hydrogen-bond acceptors (Lipinski definition) is 7. The number of aromatic nitrogens is 1. The van der Waals surface area contributed by atoms with Crippen molar-refractivity contribution in [3.05, 3.63) is 65.5 Å². The number of aliphatic hydroxyl groups is 2. The van der Waals surface area contributed by atoms with Crippen LogP contribution in [-0.2, 0) is 16.1 Å². The molecule has 5 atom stereocenters. The van der Waals surface area contributed by atoms with E-state index in [1.165, 1.54) is 18.2 Å². The second kappa shape index (κ2) is 8.41. The van der Waals surface area contributed by atoms with Gasteiger partial charge in [0.15, 0.2) is 5.69 Å². The summed E-state index contributed by atoms with van der Waals surface area (Å²) in [6.07, 6.45) is -0.776. The Morgan fingerprint density at radius 2 is 1.93 bits per heavy atom. The Morgan fingerprint density at radius 1 is 1.17 bits per heavy atom. The summed E-state index contributed by atoms with van der Waals surface area (Å²) in [5.74, 6) is -1.08. The second-order valence-electron chi connectivity index (χ2n) is 7.68. The highest BCUT2D eigenvalue weighted by molar-refractivity contribution is 5.89. The van der Waals surface area contributed by atoms with Crippen LogP contribution in [0.15, 0.2) is 48.7 Å². The van der Waals surface area contributed by atoms with Crippen LogP contribution in [0.25, 0.3) is 0 Å². The molecule has 8 nitrogen and oxygen atoms in total. The molecule has 1 saturated heterocycles. The van der Waals surface area contributed by atoms with Crippen LogP contribution in [-0.4, -0.2) is 64.1 Å². The Bertz CT molecular complexity index is 921. The van der Waals surface area contributed by atoms with Gasteiger partial charge in [-0.1, -0.05) is 36.4 Å². The van der Waals surface area contributed by atoms with Gasteiger partial charge in [-0.3, -0.25) is 0 Å². The molecule has 2 aromatic rings. The van der Waals surface area contributed by atoms with E-state index in [4.69, 9.17) is 9.47 Å². The molecule has 2 aliphatic rings. The van der Waals surface area contributed by atoms with E-state index in [0.29, 0.717) is 12.0 Å². The third kappa shape index (κ3) is 3.64. The minimum Gasteiger partial charge on any atom is -0.464 e. The van der Waals surface area contributed by atoms with Crippen molar-refractivity contribution in [1.29, 1.82) is 0 Å². The fourth-order valence-corrected chi connectivity index (χ4v) is 4.64. The van der Waals surface area contributed by atoms with Crippen molar-refractivity contribution in [3.8, 4) is 0 Å². The lowest BCUT2D eigenvalue weighted by atomic mass is 9.85. The van der Waals surface area contributed by atoms with E-state index in [1.807, 2.05) is 30.3 Å². The fraction of sp³-hybridized carbons (Fsp3) is 0.409. The number of ether oxygens (including phenoxy) is 2. The lowest BCUT2D eigenvalue weighted by Gasteiger charge is -2.26. The maximum atomic E-state index is 12.9. The molecule has 1 aliphatic carbocycles. The highest BCUT2D eigenvalue weighted by Crippen LogP contribution is 2.47. The van der Waals surface area contributed by atoms with Crippen LogP contribution >= 0.6 is 0 Å². The summed E-state index contributed by atoms with van der Waals surface area (Å²) in [5, 5.41) is 20.8. The number of carbonyl (C=O) groups is 2. The summed E-state index contributed by atoms with van der Waals surface area (Å²) < 4.78 is 10.3. The summed E-state index contributed by atoms with van der Waals surface area (Å²) in [5.41, 5.74) is 1.67. The van der Waals surface area contributed by atoms with Crippen LogP contribution in [0.3, 0.4) is 0 Å². The summed E-state index contributed by atoms with van der Waals surface area (Å²) in [4.78, 5) is 30.7. The molecule has 8 heteroatoms. The van der Waals surface area contributed by atoms with Crippen molar-refractivity contribution in [1.82, 2.24) is 9.88 Å². The van der Waals surface area contributed by atoms with Crippen molar-refractivity contribution in [2.24, 2.45) is 5.92 Å². The molecule has 0 bridgehead atoms. The van der Waals surface area contributed by atoms with Crippen LogP contribution in [0.4, 0.5) is 4.79 Å². The van der Waals surface area contributed by atoms with E-state index < -0.39 is 30.3 Å². The van der Waals surface area contributed by atoms with E-state index in [9.17, 15) is 19.8 Å². The van der Waals surface area contributed by atoms with Gasteiger partial charge >= 0.3 is 12.1 Å². The Labute approximate surface area is 174 Å². The first-order valence-corrected chi connectivity index (χ1v) is 9.88. The van der Waals surface area contributed by atoms with Crippen molar-refractivity contribution >= 4 is 12.1 Å². The molecule has 2 N–H and O–H groups in total. The molecule has 1 saturated carbocycles. The normalized spacial score (nSPS) is 27.6. The third-order valence-electron chi connectivity index (χ3n) is 6.02. The van der Waals surface area contributed by atoms with Gasteiger partial charge in [0.05, 0.1) is 19.3 Å². The zero-order valence-electron chi connectivity index (χ0n) is 16.5. The molecule has 2 fully saturated rings. The third-order valence-corrected chi connectivity index (χ3v) is 6.02. The molecular weight excluding hydrogens is 388 g/mol. The van der Waals surface area contributed by atoms with Crippen molar-refractivity contribution < 1.29 is 29.3 Å². The Kier molecular flexibility index (Phi) is 5.69. The Hall–Kier alpha value is -2.97. The predicted octanol–water partition coefficient (Wildman–Crippen LogP) is 1.71. The maximum absolute atomic E-state index is 12.9. The molecule has 1 amide bonds. The standard InChI is InChI=1S/C22H24N2O6/c1-29-21(27)18-14(8-5-9-23-18)16-11-24(19-15(16)10-17(25)20(19)26)22(28)30-12-13-6-3-2-4-7-13/h2-9,15-17,19-20,25-26H,10-12H2,1H3/t15-,16+,17+,19+,20+/m0/s1. The highest BCUT2D eigenvalue weighted by Gasteiger charge is 2.55. The number of likely N-dealkylation sites (tertiary alicyclic amines) is 1. The number of carbonyl (C=O) groups excluding carboxylic acids is 2. The van der Waals surface area contributed by atoms with Crippen molar-refractivity contribution in [2.45, 2.75) is 37.2 Å². The van der Waals surface area contributed by atoms with Gasteiger partial charge in [0, 0.05) is 18.7 Å². The Balaban J connectivity index is 1.59. The molecular formula is C22H24N2O6. The SMILES string of the molecule is COC(=O)c1ncccc1[C@H]1CN(C(=O)OCc2ccccc2)[C@H]2[C@H](O)[C@H](O)C[C@H]21. The first-order chi connectivity index (χ1) is 14.5. The first kappa shape index (κ1) is 20.3. The smallest absolute Gasteiger partial charge is 0.410 e. The number of nitrogens with zero attached hydrogens (tertiary/aromatic N) is 2. The molecule has 30 heavy (non-hydrogen) atoms. The molecule has 1 aromatic carbocycles. The van der Waals surface area contributed by atoms with Crippen LogP contribution in [0.5, 0.6) is 0 Å². The van der Waals surface area contributed by atoms with Crippen LogP contribution < -0.4 is 0 Å². The number of benzene rings is 1. The first-order valence-electron chi connectivity index (χ1n) is 9.88. The highest BCUT2D eigenvalue weighted by atomic mass is 16.6. The molecule has 158 valence electrons. The number of hydrogen-bond donors (Lipinski definition) is 2. The number of fused-ring (bicyclic) bond motifs is 1. The maximum Gasteiger partial charge on any atom is 0.410 e. The lowest BCUT2D eigenvalue weighted by molar-refractivity contribution is 0.00151. The summed E-state index contributed by atoms with van der Waals surface area (Å²) in [6, 6.07) is 12.2. The number of aliphatic hydroxyl groups excluding tert-OH is 2. The number of methoxy groups -OCH3 is 1. The van der Waals surface area contributed by atoms with E-state index in [0.717, 1.165) is 5.56 Å². The lowest BCUT2D eigenvalue weighted by Crippen LogP contribution is -2.45. The van der Waals surface area contributed by atoms with Gasteiger partial charge in [0.25, 0.3) is 0 Å². The molecule has 0 spiro atoms. The van der Waals surface area contributed by atoms with Crippen LogP contribution in [0.2, 0.25) is 0 Å². The molecule has 4 rings (SSSR count). The second-order valence-corrected chi connectivity index (χ2v) is 7.68. The molecule has 0 radical (unpaired) electrons. The van der Waals surface area contributed by atoms with Gasteiger partial charge in [-0.15, -0.1) is 0 Å². The monoisotopic (exact) mass is 412 g/mol. The largest absolute Gasteiger partial charge is 0.464 e. The van der Waals surface area contributed by atoms with Gasteiger partial charge in [0.1, 0.15) is 12.7 Å². The topological polar surface area (TPSA) is 109 Å². The van der Waals surface area contributed by atoms with Gasteiger partial charge in [-0.05, 0) is 29.5 Å². The van der Waals surface area contributed by atoms with Gasteiger partial charge in [-0.2, -0.15) is 0 Å². The predicted molar refractivity (Wildman–Crippen MR) is 106 cm³/mol. The zero-order chi connectivity index (χ0) is 21.3. The number of pyridine rings is 1. The van der Waals surface area contributed by atoms with Crippen LogP contribution in [0, 0.1) is 5.92 Å². The molecule has 2 heterocycles. The van der Waals surface area contributed by atoms with E-state index in [2.05, 4.69) is 4.98 Å². The van der Waals surface area contributed by atoms with Crippen molar-refractivity contribution in [3.63, 3.8) is 0 Å². The fourth-order valence-electron chi connectivity index (χ4n) is 4.64. The number of rotatable bonds is 4. The number of esters is 1.